The van der Waals surface area contributed by atoms with Gasteiger partial charge in [-0.1, -0.05) is 5.01 Å². The summed E-state index contributed by atoms with van der Waals surface area (Å²) in [6.45, 7) is 0. The van der Waals surface area contributed by atoms with Crippen molar-refractivity contribution >= 4 is 11.4 Å². The van der Waals surface area contributed by atoms with Crippen molar-refractivity contribution in [1.82, 2.24) is 4.98 Å². The van der Waals surface area contributed by atoms with E-state index in [9.17, 15) is 20.2 Å². The molecule has 8 heteroatoms. The smallest absolute Gasteiger partial charge is 0.258 e. The lowest BCUT2D eigenvalue weighted by atomic mass is 10.3. The molecule has 0 spiro atoms. The normalized spacial score (nSPS) is 9.50. The van der Waals surface area contributed by atoms with Gasteiger partial charge < -0.3 is 0 Å². The molecule has 0 aliphatic heterocycles. The summed E-state index contributed by atoms with van der Waals surface area (Å²) in [7, 11) is 1.13. The minimum atomic E-state index is -0.748. The van der Waals surface area contributed by atoms with E-state index in [4.69, 9.17) is 0 Å². The first-order valence-electron chi connectivity index (χ1n) is 3.50. The highest BCUT2D eigenvalue weighted by molar-refractivity contribution is 5.59. The Bertz CT molecular complexity index is 380. The molecule has 0 saturated carbocycles. The molecule has 1 rings (SSSR count). The third-order valence-electron chi connectivity index (χ3n) is 1.57. The second-order valence-electron chi connectivity index (χ2n) is 2.38. The average molecular weight is 198 g/mol. The van der Waals surface area contributed by atoms with Crippen LogP contribution in [-0.2, 0) is 0 Å². The van der Waals surface area contributed by atoms with E-state index in [1.165, 1.54) is 12.3 Å². The molecule has 1 aromatic heterocycles. The summed E-state index contributed by atoms with van der Waals surface area (Å²) < 4.78 is 0. The number of hydrogen-bond donors (Lipinski definition) is 0. The Balaban J connectivity index is 3.19. The van der Waals surface area contributed by atoms with Crippen molar-refractivity contribution in [1.29, 1.82) is 0 Å². The summed E-state index contributed by atoms with van der Waals surface area (Å²) in [6, 6.07) is 1.21. The average Bonchev–Trinajstić information content (AvgIpc) is 2.16. The Labute approximate surface area is 78.1 Å². The van der Waals surface area contributed by atoms with Crippen LogP contribution in [0.5, 0.6) is 0 Å². The van der Waals surface area contributed by atoms with Crippen molar-refractivity contribution in [2.24, 2.45) is 0 Å². The molecule has 0 aliphatic rings. The van der Waals surface area contributed by atoms with Gasteiger partial charge in [0.25, 0.3) is 0 Å². The molecule has 0 atom stereocenters. The van der Waals surface area contributed by atoms with Gasteiger partial charge in [-0.2, -0.15) is 0 Å². The van der Waals surface area contributed by atoms with E-state index < -0.39 is 15.6 Å². The molecule has 1 heterocycles. The Morgan fingerprint density at radius 1 is 1.43 bits per heavy atom. The lowest BCUT2D eigenvalue weighted by Crippen LogP contribution is -2.25. The maximum Gasteiger partial charge on any atom is 0.316 e. The summed E-state index contributed by atoms with van der Waals surface area (Å²) in [5.41, 5.74) is -0.498. The summed E-state index contributed by atoms with van der Waals surface area (Å²) >= 11 is 0. The quantitative estimate of drug-likeness (QED) is 0.520. The predicted octanol–water partition coefficient (Wildman–Crippen LogP) is 0.618. The SMILES string of the molecule is CN(c1ccncc1[N+](=O)[O-])[N+](=O)[O-]. The van der Waals surface area contributed by atoms with Crippen LogP contribution < -0.4 is 5.01 Å². The Morgan fingerprint density at radius 3 is 2.57 bits per heavy atom. The summed E-state index contributed by atoms with van der Waals surface area (Å²) in [6.07, 6.45) is 2.22. The Morgan fingerprint density at radius 2 is 2.07 bits per heavy atom. The van der Waals surface area contributed by atoms with Crippen LogP contribution in [0.2, 0.25) is 0 Å². The minimum Gasteiger partial charge on any atom is -0.258 e. The van der Waals surface area contributed by atoms with E-state index in [1.54, 1.807) is 0 Å². The van der Waals surface area contributed by atoms with Gasteiger partial charge >= 0.3 is 5.69 Å². The molecular weight excluding hydrogens is 192 g/mol. The van der Waals surface area contributed by atoms with Gasteiger partial charge in [-0.25, -0.2) is 10.1 Å². The first-order chi connectivity index (χ1) is 6.54. The van der Waals surface area contributed by atoms with E-state index in [1.807, 2.05) is 0 Å². The van der Waals surface area contributed by atoms with E-state index in [2.05, 4.69) is 4.98 Å². The highest BCUT2D eigenvalue weighted by Gasteiger charge is 2.22. The van der Waals surface area contributed by atoms with Crippen LogP contribution in [0.3, 0.4) is 0 Å². The maximum atomic E-state index is 10.5. The van der Waals surface area contributed by atoms with Gasteiger partial charge in [0.05, 0.1) is 12.0 Å². The molecule has 0 amide bonds. The highest BCUT2D eigenvalue weighted by atomic mass is 16.7. The molecule has 1 aromatic rings. The minimum absolute atomic E-state index is 0.102. The van der Waals surface area contributed by atoms with Crippen LogP contribution >= 0.6 is 0 Å². The lowest BCUT2D eigenvalue weighted by Gasteiger charge is -2.07. The fourth-order valence-corrected chi connectivity index (χ4v) is 0.881. The third kappa shape index (κ3) is 1.73. The van der Waals surface area contributed by atoms with Gasteiger partial charge in [-0.05, 0) is 6.07 Å². The van der Waals surface area contributed by atoms with Crippen molar-refractivity contribution < 1.29 is 9.96 Å². The molecule has 0 aromatic carbocycles. The number of rotatable bonds is 3. The molecule has 74 valence electrons. The number of nitrogens with zero attached hydrogens (tertiary/aromatic N) is 4. The Hall–Kier alpha value is -2.25. The number of hydrazine groups is 1. The first-order valence-corrected chi connectivity index (χ1v) is 3.50. The van der Waals surface area contributed by atoms with Gasteiger partial charge in [0, 0.05) is 6.20 Å². The standard InChI is InChI=1S/C6H6N4O4/c1-8(10(13)14)5-2-3-7-4-6(5)9(11)12/h2-4H,1H3. The van der Waals surface area contributed by atoms with Gasteiger partial charge in [0.1, 0.15) is 6.20 Å². The van der Waals surface area contributed by atoms with E-state index >= 15 is 0 Å². The Kier molecular flexibility index (Phi) is 2.56. The molecule has 0 N–H and O–H groups in total. The molecule has 0 radical (unpaired) electrons. The first kappa shape index (κ1) is 9.84. The zero-order valence-electron chi connectivity index (χ0n) is 7.15. The number of hydrogen-bond acceptors (Lipinski definition) is 5. The molecule has 0 unspecified atom stereocenters. The van der Waals surface area contributed by atoms with Crippen LogP contribution in [0.15, 0.2) is 18.5 Å². The fourth-order valence-electron chi connectivity index (χ4n) is 0.881. The number of pyridine rings is 1. The van der Waals surface area contributed by atoms with Crippen LogP contribution in [0.4, 0.5) is 11.4 Å². The van der Waals surface area contributed by atoms with Crippen LogP contribution in [0.1, 0.15) is 0 Å². The lowest BCUT2D eigenvalue weighted by molar-refractivity contribution is -0.491. The number of anilines is 1. The molecule has 0 saturated heterocycles. The largest absolute Gasteiger partial charge is 0.316 e. The zero-order valence-corrected chi connectivity index (χ0v) is 7.15. The number of aromatic nitrogens is 1. The summed E-state index contributed by atoms with van der Waals surface area (Å²) in [5, 5.41) is 20.6. The van der Waals surface area contributed by atoms with Crippen molar-refractivity contribution in [3.8, 4) is 0 Å². The van der Waals surface area contributed by atoms with Crippen LogP contribution in [0, 0.1) is 20.2 Å². The zero-order chi connectivity index (χ0) is 10.7. The topological polar surface area (TPSA) is 102 Å². The fraction of sp³-hybridized carbons (Fsp3) is 0.167. The van der Waals surface area contributed by atoms with E-state index in [0.717, 1.165) is 13.2 Å². The van der Waals surface area contributed by atoms with Gasteiger partial charge in [-0.3, -0.25) is 15.1 Å². The van der Waals surface area contributed by atoms with Crippen LogP contribution in [0.25, 0.3) is 0 Å². The van der Waals surface area contributed by atoms with E-state index in [-0.39, 0.29) is 5.69 Å². The predicted molar refractivity (Wildman–Crippen MR) is 46.3 cm³/mol. The van der Waals surface area contributed by atoms with Gasteiger partial charge in [0.2, 0.25) is 0 Å². The maximum absolute atomic E-state index is 10.5. The molecule has 0 fully saturated rings. The van der Waals surface area contributed by atoms with Crippen molar-refractivity contribution in [3.05, 3.63) is 38.7 Å². The molecule has 0 aliphatic carbocycles. The van der Waals surface area contributed by atoms with Gasteiger partial charge in [0.15, 0.2) is 10.7 Å². The second-order valence-corrected chi connectivity index (χ2v) is 2.38. The third-order valence-corrected chi connectivity index (χ3v) is 1.57. The highest BCUT2D eigenvalue weighted by Crippen LogP contribution is 2.24. The summed E-state index contributed by atoms with van der Waals surface area (Å²) in [4.78, 5) is 23.6. The van der Waals surface area contributed by atoms with Crippen molar-refractivity contribution in [2.75, 3.05) is 12.1 Å². The van der Waals surface area contributed by atoms with Crippen molar-refractivity contribution in [3.63, 3.8) is 0 Å². The summed E-state index contributed by atoms with van der Waals surface area (Å²) in [5.74, 6) is 0. The monoisotopic (exact) mass is 198 g/mol. The molecule has 14 heavy (non-hydrogen) atoms. The van der Waals surface area contributed by atoms with Crippen LogP contribution in [-0.4, -0.2) is 22.0 Å². The molecular formula is C6H6N4O4. The number of nitro groups is 2. The molecule has 0 bridgehead atoms. The van der Waals surface area contributed by atoms with Crippen molar-refractivity contribution in [2.45, 2.75) is 0 Å². The van der Waals surface area contributed by atoms with E-state index in [0.29, 0.717) is 5.01 Å². The molecule has 8 nitrogen and oxygen atoms in total. The van der Waals surface area contributed by atoms with Gasteiger partial charge in [-0.15, -0.1) is 0 Å². The second kappa shape index (κ2) is 3.64.